The van der Waals surface area contributed by atoms with Crippen molar-refractivity contribution in [1.29, 1.82) is 0 Å². The van der Waals surface area contributed by atoms with Gasteiger partial charge < -0.3 is 9.80 Å². The van der Waals surface area contributed by atoms with Gasteiger partial charge in [-0.2, -0.15) is 0 Å². The smallest absolute Gasteiger partial charge is 0.254 e. The maximum Gasteiger partial charge on any atom is 0.254 e. The van der Waals surface area contributed by atoms with E-state index in [-0.39, 0.29) is 11.5 Å². The van der Waals surface area contributed by atoms with Crippen LogP contribution in [0, 0.1) is 11.6 Å². The van der Waals surface area contributed by atoms with Crippen LogP contribution < -0.4 is 0 Å². The fourth-order valence-electron chi connectivity index (χ4n) is 2.08. The minimum atomic E-state index is -0.979. The van der Waals surface area contributed by atoms with Gasteiger partial charge in [-0.15, -0.1) is 0 Å². The van der Waals surface area contributed by atoms with Crippen LogP contribution in [0.5, 0.6) is 0 Å². The van der Waals surface area contributed by atoms with Crippen molar-refractivity contribution in [3.8, 4) is 0 Å². The van der Waals surface area contributed by atoms with Crippen molar-refractivity contribution in [1.82, 2.24) is 9.80 Å². The molecule has 0 aromatic heterocycles. The molecule has 1 amide bonds. The molecule has 5 heteroatoms. The lowest BCUT2D eigenvalue weighted by molar-refractivity contribution is 0.0643. The van der Waals surface area contributed by atoms with Crippen LogP contribution in [0.4, 0.5) is 8.78 Å². The lowest BCUT2D eigenvalue weighted by Crippen LogP contribution is -2.48. The maximum atomic E-state index is 13.1. The third kappa shape index (κ3) is 2.67. The Morgan fingerprint density at radius 3 is 2.39 bits per heavy atom. The quantitative estimate of drug-likeness (QED) is 0.802. The normalized spacial score (nSPS) is 16.9. The van der Waals surface area contributed by atoms with Gasteiger partial charge in [-0.1, -0.05) is 6.92 Å². The van der Waals surface area contributed by atoms with Crippen molar-refractivity contribution in [3.63, 3.8) is 0 Å². The van der Waals surface area contributed by atoms with E-state index in [9.17, 15) is 13.6 Å². The van der Waals surface area contributed by atoms with Crippen LogP contribution in [-0.2, 0) is 0 Å². The van der Waals surface area contributed by atoms with Crippen LogP contribution in [0.3, 0.4) is 0 Å². The Balaban J connectivity index is 2.05. The Bertz CT molecular complexity index is 443. The van der Waals surface area contributed by atoms with Crippen molar-refractivity contribution in [2.75, 3.05) is 32.7 Å². The van der Waals surface area contributed by atoms with Gasteiger partial charge in [0, 0.05) is 31.7 Å². The highest BCUT2D eigenvalue weighted by Gasteiger charge is 2.21. The predicted octanol–water partition coefficient (Wildman–Crippen LogP) is 1.74. The van der Waals surface area contributed by atoms with Crippen LogP contribution in [0.15, 0.2) is 18.2 Å². The summed E-state index contributed by atoms with van der Waals surface area (Å²) < 4.78 is 25.9. The topological polar surface area (TPSA) is 23.6 Å². The molecule has 0 saturated carbocycles. The van der Waals surface area contributed by atoms with Gasteiger partial charge in [-0.25, -0.2) is 8.78 Å². The molecule has 0 spiro atoms. The number of amides is 1. The molecular formula is C13H16F2N2O. The van der Waals surface area contributed by atoms with E-state index < -0.39 is 11.6 Å². The van der Waals surface area contributed by atoms with E-state index in [2.05, 4.69) is 11.8 Å². The highest BCUT2D eigenvalue weighted by atomic mass is 19.2. The van der Waals surface area contributed by atoms with Gasteiger partial charge in [0.25, 0.3) is 5.91 Å². The van der Waals surface area contributed by atoms with E-state index in [1.807, 2.05) is 0 Å². The number of hydrogen-bond acceptors (Lipinski definition) is 2. The minimum Gasteiger partial charge on any atom is -0.336 e. The van der Waals surface area contributed by atoms with Crippen molar-refractivity contribution >= 4 is 5.91 Å². The molecule has 1 aliphatic rings. The third-order valence-electron chi connectivity index (χ3n) is 3.27. The average molecular weight is 254 g/mol. The second-order valence-corrected chi connectivity index (χ2v) is 4.36. The SMILES string of the molecule is CCN1CCN(C(=O)c2ccc(F)c(F)c2)CC1. The number of rotatable bonds is 2. The number of carbonyl (C=O) groups is 1. The number of likely N-dealkylation sites (N-methyl/N-ethyl adjacent to an activating group) is 1. The number of benzene rings is 1. The highest BCUT2D eigenvalue weighted by Crippen LogP contribution is 2.12. The molecular weight excluding hydrogens is 238 g/mol. The second kappa shape index (κ2) is 5.44. The lowest BCUT2D eigenvalue weighted by atomic mass is 10.1. The van der Waals surface area contributed by atoms with E-state index in [1.54, 1.807) is 4.90 Å². The molecule has 1 aromatic carbocycles. The van der Waals surface area contributed by atoms with E-state index in [1.165, 1.54) is 6.07 Å². The summed E-state index contributed by atoms with van der Waals surface area (Å²) in [5.74, 6) is -2.14. The molecule has 2 rings (SSSR count). The summed E-state index contributed by atoms with van der Waals surface area (Å²) in [6.07, 6.45) is 0. The Morgan fingerprint density at radius 1 is 1.17 bits per heavy atom. The summed E-state index contributed by atoms with van der Waals surface area (Å²) in [7, 11) is 0. The molecule has 0 aliphatic carbocycles. The van der Waals surface area contributed by atoms with Gasteiger partial charge in [-0.3, -0.25) is 4.79 Å². The fraction of sp³-hybridized carbons (Fsp3) is 0.462. The van der Waals surface area contributed by atoms with Crippen LogP contribution in [0.25, 0.3) is 0 Å². The zero-order valence-corrected chi connectivity index (χ0v) is 10.3. The molecule has 0 N–H and O–H groups in total. The van der Waals surface area contributed by atoms with Crippen LogP contribution in [0.2, 0.25) is 0 Å². The molecule has 3 nitrogen and oxygen atoms in total. The zero-order valence-electron chi connectivity index (χ0n) is 10.3. The monoisotopic (exact) mass is 254 g/mol. The first-order chi connectivity index (χ1) is 8.61. The molecule has 1 heterocycles. The number of piperazine rings is 1. The standard InChI is InChI=1S/C13H16F2N2O/c1-2-16-5-7-17(8-6-16)13(18)10-3-4-11(14)12(15)9-10/h3-4,9H,2,5-8H2,1H3. The third-order valence-corrected chi connectivity index (χ3v) is 3.27. The van der Waals surface area contributed by atoms with Gasteiger partial charge in [0.05, 0.1) is 0 Å². The number of hydrogen-bond donors (Lipinski definition) is 0. The molecule has 1 aliphatic heterocycles. The van der Waals surface area contributed by atoms with E-state index in [0.717, 1.165) is 31.8 Å². The molecule has 0 radical (unpaired) electrons. The minimum absolute atomic E-state index is 0.207. The average Bonchev–Trinajstić information content (AvgIpc) is 2.41. The highest BCUT2D eigenvalue weighted by molar-refractivity contribution is 5.94. The summed E-state index contributed by atoms with van der Waals surface area (Å²) >= 11 is 0. The van der Waals surface area contributed by atoms with Gasteiger partial charge in [-0.05, 0) is 24.7 Å². The maximum absolute atomic E-state index is 13.1. The first-order valence-electron chi connectivity index (χ1n) is 6.08. The summed E-state index contributed by atoms with van der Waals surface area (Å²) in [4.78, 5) is 16.0. The van der Waals surface area contributed by atoms with Crippen molar-refractivity contribution in [2.45, 2.75) is 6.92 Å². The molecule has 0 atom stereocenters. The van der Waals surface area contributed by atoms with Gasteiger partial charge in [0.1, 0.15) is 0 Å². The number of nitrogens with zero attached hydrogens (tertiary/aromatic N) is 2. The molecule has 18 heavy (non-hydrogen) atoms. The molecule has 0 unspecified atom stereocenters. The van der Waals surface area contributed by atoms with Crippen LogP contribution in [0.1, 0.15) is 17.3 Å². The Hall–Kier alpha value is -1.49. The van der Waals surface area contributed by atoms with Crippen LogP contribution >= 0.6 is 0 Å². The predicted molar refractivity (Wildman–Crippen MR) is 64.4 cm³/mol. The second-order valence-electron chi connectivity index (χ2n) is 4.36. The van der Waals surface area contributed by atoms with Gasteiger partial charge in [0.15, 0.2) is 11.6 Å². The summed E-state index contributed by atoms with van der Waals surface area (Å²) in [5.41, 5.74) is 0.207. The van der Waals surface area contributed by atoms with Crippen molar-refractivity contribution < 1.29 is 13.6 Å². The molecule has 1 saturated heterocycles. The number of halogens is 2. The zero-order chi connectivity index (χ0) is 13.1. The summed E-state index contributed by atoms with van der Waals surface area (Å²) in [6, 6.07) is 3.28. The summed E-state index contributed by atoms with van der Waals surface area (Å²) in [5, 5.41) is 0. The van der Waals surface area contributed by atoms with Gasteiger partial charge in [0.2, 0.25) is 0 Å². The molecule has 1 aromatic rings. The van der Waals surface area contributed by atoms with Crippen LogP contribution in [-0.4, -0.2) is 48.4 Å². The fourth-order valence-corrected chi connectivity index (χ4v) is 2.08. The lowest BCUT2D eigenvalue weighted by Gasteiger charge is -2.34. The molecule has 98 valence electrons. The van der Waals surface area contributed by atoms with Crippen molar-refractivity contribution in [2.24, 2.45) is 0 Å². The van der Waals surface area contributed by atoms with E-state index in [4.69, 9.17) is 0 Å². The largest absolute Gasteiger partial charge is 0.336 e. The first-order valence-corrected chi connectivity index (χ1v) is 6.08. The first kappa shape index (κ1) is 13.0. The van der Waals surface area contributed by atoms with Crippen molar-refractivity contribution in [3.05, 3.63) is 35.4 Å². The number of carbonyl (C=O) groups excluding carboxylic acids is 1. The molecule has 1 fully saturated rings. The van der Waals surface area contributed by atoms with E-state index >= 15 is 0 Å². The Morgan fingerprint density at radius 2 is 1.83 bits per heavy atom. The Kier molecular flexibility index (Phi) is 3.91. The Labute approximate surface area is 105 Å². The summed E-state index contributed by atoms with van der Waals surface area (Å²) in [6.45, 7) is 5.95. The van der Waals surface area contributed by atoms with E-state index in [0.29, 0.717) is 13.1 Å². The van der Waals surface area contributed by atoms with Gasteiger partial charge >= 0.3 is 0 Å². The molecule has 0 bridgehead atoms.